The van der Waals surface area contributed by atoms with Crippen LogP contribution < -0.4 is 20.9 Å². The molecular weight excluding hydrogens is 386 g/mol. The molecule has 0 unspecified atom stereocenters. The molecule has 9 nitrogen and oxygen atoms in total. The third kappa shape index (κ3) is 4.11. The standard InChI is InChI=1S/C19H21N9S/c1-12-17(29-19(21-3)25-12)16-14(20-2)11-24-18(27-16)26-15-5-4-13(10-23-15)28-8-6-22-7-9-28/h4-5,10-11,22H,6-9H2,1,3H3,(H,21,25)(H,23,24,26,27). The van der Waals surface area contributed by atoms with Crippen molar-refractivity contribution in [2.24, 2.45) is 0 Å². The zero-order chi connectivity index (χ0) is 20.2. The third-order valence-electron chi connectivity index (χ3n) is 4.59. The molecule has 4 heterocycles. The van der Waals surface area contributed by atoms with Gasteiger partial charge in [0.1, 0.15) is 5.82 Å². The fourth-order valence-corrected chi connectivity index (χ4v) is 4.01. The number of aromatic nitrogens is 4. The topological polar surface area (TPSA) is 95.3 Å². The second-order valence-electron chi connectivity index (χ2n) is 6.49. The molecule has 10 heteroatoms. The first-order valence-electron chi connectivity index (χ1n) is 9.26. The lowest BCUT2D eigenvalue weighted by atomic mass is 10.2. The van der Waals surface area contributed by atoms with Gasteiger partial charge in [-0.3, -0.25) is 0 Å². The Morgan fingerprint density at radius 2 is 2.00 bits per heavy atom. The van der Waals surface area contributed by atoms with E-state index < -0.39 is 0 Å². The molecule has 148 valence electrons. The second kappa shape index (κ2) is 8.38. The summed E-state index contributed by atoms with van der Waals surface area (Å²) in [6, 6.07) is 3.96. The predicted octanol–water partition coefficient (Wildman–Crippen LogP) is 3.05. The minimum atomic E-state index is 0.395. The summed E-state index contributed by atoms with van der Waals surface area (Å²) in [5.74, 6) is 1.05. The van der Waals surface area contributed by atoms with Crippen molar-refractivity contribution in [2.75, 3.05) is 48.8 Å². The van der Waals surface area contributed by atoms with Crippen molar-refractivity contribution in [2.45, 2.75) is 6.92 Å². The first kappa shape index (κ1) is 19.0. The van der Waals surface area contributed by atoms with Crippen LogP contribution in [0.4, 0.5) is 28.3 Å². The molecule has 3 aromatic heterocycles. The van der Waals surface area contributed by atoms with Crippen LogP contribution in [0, 0.1) is 13.5 Å². The number of hydrogen-bond donors (Lipinski definition) is 3. The summed E-state index contributed by atoms with van der Waals surface area (Å²) < 4.78 is 0. The van der Waals surface area contributed by atoms with Crippen molar-refractivity contribution < 1.29 is 0 Å². The summed E-state index contributed by atoms with van der Waals surface area (Å²) in [4.78, 5) is 24.5. The summed E-state index contributed by atoms with van der Waals surface area (Å²) in [6.45, 7) is 13.3. The minimum Gasteiger partial charge on any atom is -0.368 e. The smallest absolute Gasteiger partial charge is 0.231 e. The monoisotopic (exact) mass is 407 g/mol. The number of aryl methyl sites for hydroxylation is 1. The van der Waals surface area contributed by atoms with E-state index in [9.17, 15) is 0 Å². The van der Waals surface area contributed by atoms with Gasteiger partial charge in [0, 0.05) is 39.4 Å². The number of thiazole rings is 1. The second-order valence-corrected chi connectivity index (χ2v) is 7.49. The van der Waals surface area contributed by atoms with E-state index in [1.54, 1.807) is 0 Å². The van der Waals surface area contributed by atoms with Crippen molar-refractivity contribution in [3.63, 3.8) is 0 Å². The molecule has 1 saturated heterocycles. The number of anilines is 4. The lowest BCUT2D eigenvalue weighted by Gasteiger charge is -2.29. The molecule has 0 aromatic carbocycles. The van der Waals surface area contributed by atoms with Crippen LogP contribution in [0.1, 0.15) is 5.69 Å². The van der Waals surface area contributed by atoms with Crippen LogP contribution in [-0.4, -0.2) is 53.2 Å². The molecule has 0 atom stereocenters. The van der Waals surface area contributed by atoms with Crippen LogP contribution in [0.5, 0.6) is 0 Å². The normalized spacial score (nSPS) is 13.8. The molecule has 1 aliphatic rings. The lowest BCUT2D eigenvalue weighted by molar-refractivity contribution is 0.589. The Labute approximate surface area is 173 Å². The highest BCUT2D eigenvalue weighted by molar-refractivity contribution is 7.19. The van der Waals surface area contributed by atoms with Gasteiger partial charge in [0.15, 0.2) is 5.13 Å². The Morgan fingerprint density at radius 1 is 1.17 bits per heavy atom. The lowest BCUT2D eigenvalue weighted by Crippen LogP contribution is -2.43. The van der Waals surface area contributed by atoms with Gasteiger partial charge in [0.05, 0.1) is 34.7 Å². The number of hydrogen-bond acceptors (Lipinski definition) is 9. The van der Waals surface area contributed by atoms with E-state index in [4.69, 9.17) is 6.57 Å². The zero-order valence-corrected chi connectivity index (χ0v) is 17.0. The van der Waals surface area contributed by atoms with E-state index in [0.717, 1.165) is 47.6 Å². The van der Waals surface area contributed by atoms with Crippen molar-refractivity contribution in [1.82, 2.24) is 25.3 Å². The summed E-state index contributed by atoms with van der Waals surface area (Å²) in [5, 5.41) is 10.3. The fourth-order valence-electron chi connectivity index (χ4n) is 3.09. The van der Waals surface area contributed by atoms with E-state index in [1.165, 1.54) is 17.5 Å². The van der Waals surface area contributed by atoms with E-state index in [0.29, 0.717) is 23.1 Å². The highest BCUT2D eigenvalue weighted by atomic mass is 32.1. The van der Waals surface area contributed by atoms with Gasteiger partial charge in [0.25, 0.3) is 0 Å². The van der Waals surface area contributed by atoms with Crippen molar-refractivity contribution in [3.05, 3.63) is 41.6 Å². The summed E-state index contributed by atoms with van der Waals surface area (Å²) >= 11 is 1.47. The number of pyridine rings is 1. The molecule has 0 saturated carbocycles. The molecule has 0 aliphatic carbocycles. The molecule has 0 amide bonds. The molecule has 1 fully saturated rings. The first-order valence-corrected chi connectivity index (χ1v) is 10.1. The zero-order valence-electron chi connectivity index (χ0n) is 16.2. The quantitative estimate of drug-likeness (QED) is 0.556. The van der Waals surface area contributed by atoms with E-state index in [-0.39, 0.29) is 0 Å². The number of piperazine rings is 1. The molecular formula is C19H21N9S. The van der Waals surface area contributed by atoms with Gasteiger partial charge < -0.3 is 20.9 Å². The summed E-state index contributed by atoms with van der Waals surface area (Å²) in [7, 11) is 1.82. The molecule has 29 heavy (non-hydrogen) atoms. The Bertz CT molecular complexity index is 1030. The number of nitrogens with one attached hydrogen (secondary N) is 3. The summed E-state index contributed by atoms with van der Waals surface area (Å²) in [6.07, 6.45) is 3.39. The highest BCUT2D eigenvalue weighted by Gasteiger charge is 2.17. The molecule has 0 radical (unpaired) electrons. The summed E-state index contributed by atoms with van der Waals surface area (Å²) in [5.41, 5.74) is 2.90. The van der Waals surface area contributed by atoms with Gasteiger partial charge >= 0.3 is 0 Å². The Hall–Kier alpha value is -3.29. The maximum atomic E-state index is 7.44. The molecule has 0 spiro atoms. The van der Waals surface area contributed by atoms with E-state index in [1.807, 2.05) is 32.3 Å². The maximum Gasteiger partial charge on any atom is 0.231 e. The van der Waals surface area contributed by atoms with Crippen LogP contribution in [-0.2, 0) is 0 Å². The van der Waals surface area contributed by atoms with E-state index in [2.05, 4.69) is 45.6 Å². The SMILES string of the molecule is [C-]#[N+]c1cnc(Nc2ccc(N3CCNCC3)cn2)nc1-c1sc(NC)nc1C. The minimum absolute atomic E-state index is 0.395. The van der Waals surface area contributed by atoms with Gasteiger partial charge in [-0.05, 0) is 19.1 Å². The fraction of sp³-hybridized carbons (Fsp3) is 0.316. The van der Waals surface area contributed by atoms with Gasteiger partial charge in [-0.25, -0.2) is 24.8 Å². The maximum absolute atomic E-state index is 7.44. The molecule has 1 aliphatic heterocycles. The van der Waals surface area contributed by atoms with Gasteiger partial charge in [-0.2, -0.15) is 0 Å². The molecule has 0 bridgehead atoms. The number of rotatable bonds is 5. The average Bonchev–Trinajstić information content (AvgIpc) is 3.15. The van der Waals surface area contributed by atoms with E-state index >= 15 is 0 Å². The highest BCUT2D eigenvalue weighted by Crippen LogP contribution is 2.37. The van der Waals surface area contributed by atoms with Crippen LogP contribution in [0.3, 0.4) is 0 Å². The Morgan fingerprint density at radius 3 is 2.66 bits per heavy atom. The van der Waals surface area contributed by atoms with Crippen molar-refractivity contribution in [3.8, 4) is 10.6 Å². The van der Waals surface area contributed by atoms with Crippen molar-refractivity contribution >= 4 is 39.6 Å². The number of nitrogens with zero attached hydrogens (tertiary/aromatic N) is 6. The largest absolute Gasteiger partial charge is 0.368 e. The van der Waals surface area contributed by atoms with Crippen LogP contribution in [0.25, 0.3) is 15.4 Å². The van der Waals surface area contributed by atoms with Crippen LogP contribution in [0.2, 0.25) is 0 Å². The van der Waals surface area contributed by atoms with Gasteiger partial charge in [-0.15, -0.1) is 0 Å². The molecule has 4 rings (SSSR count). The average molecular weight is 408 g/mol. The van der Waals surface area contributed by atoms with Crippen molar-refractivity contribution in [1.29, 1.82) is 0 Å². The van der Waals surface area contributed by atoms with Gasteiger partial charge in [0.2, 0.25) is 11.6 Å². The van der Waals surface area contributed by atoms with Gasteiger partial charge in [-0.1, -0.05) is 11.3 Å². The Kier molecular flexibility index (Phi) is 5.50. The predicted molar refractivity (Wildman–Crippen MR) is 116 cm³/mol. The Balaban J connectivity index is 1.57. The van der Waals surface area contributed by atoms with Crippen LogP contribution in [0.15, 0.2) is 24.5 Å². The van der Waals surface area contributed by atoms with Crippen LogP contribution >= 0.6 is 11.3 Å². The first-order chi connectivity index (χ1) is 14.2. The third-order valence-corrected chi connectivity index (χ3v) is 5.77. The molecule has 3 aromatic rings. The molecule has 3 N–H and O–H groups in total.